The van der Waals surface area contributed by atoms with E-state index in [1.54, 1.807) is 4.90 Å². The molecule has 2 heterocycles. The molecule has 2 atom stereocenters. The highest BCUT2D eigenvalue weighted by Gasteiger charge is 2.34. The molecule has 0 saturated carbocycles. The van der Waals surface area contributed by atoms with Gasteiger partial charge in [-0.15, -0.1) is 0 Å². The van der Waals surface area contributed by atoms with Gasteiger partial charge in [-0.05, 0) is 6.42 Å². The molecule has 0 spiro atoms. The Morgan fingerprint density at radius 2 is 2.19 bits per heavy atom. The maximum absolute atomic E-state index is 12.6. The van der Waals surface area contributed by atoms with Crippen molar-refractivity contribution in [3.05, 3.63) is 11.4 Å². The molecule has 2 rings (SSSR count). The smallest absolute Gasteiger partial charge is 0.405 e. The van der Waals surface area contributed by atoms with Gasteiger partial charge in [0, 0.05) is 24.6 Å². The summed E-state index contributed by atoms with van der Waals surface area (Å²) in [6.07, 6.45) is -0.267. The molecule has 0 radical (unpaired) electrons. The number of nitrogens with one attached hydrogen (secondary N) is 3. The quantitative estimate of drug-likeness (QED) is 0.562. The lowest BCUT2D eigenvalue weighted by atomic mass is 9.99. The van der Waals surface area contributed by atoms with Gasteiger partial charge in [0.25, 0.3) is 5.91 Å². The minimum absolute atomic E-state index is 0.0699. The highest BCUT2D eigenvalue weighted by atomic mass is 16.6. The second kappa shape index (κ2) is 6.66. The minimum atomic E-state index is -0.910. The first kappa shape index (κ1) is 15.4. The van der Waals surface area contributed by atoms with Gasteiger partial charge in [0.1, 0.15) is 0 Å². The van der Waals surface area contributed by atoms with Crippen LogP contribution in [0.25, 0.3) is 0 Å². The molecular weight excluding hydrogens is 274 g/mol. The zero-order valence-electron chi connectivity index (χ0n) is 12.4. The van der Waals surface area contributed by atoms with E-state index in [1.807, 2.05) is 13.8 Å². The van der Waals surface area contributed by atoms with Gasteiger partial charge < -0.3 is 26.1 Å². The first-order chi connectivity index (χ1) is 10.0. The lowest BCUT2D eigenvalue weighted by Gasteiger charge is -2.36. The first-order valence-electron chi connectivity index (χ1n) is 7.22. The van der Waals surface area contributed by atoms with Crippen LogP contribution in [0.4, 0.5) is 4.79 Å². The van der Waals surface area contributed by atoms with Crippen molar-refractivity contribution in [3.63, 3.8) is 0 Å². The number of hydrogen-bond acceptors (Lipinski definition) is 6. The fraction of sp³-hybridized carbons (Fsp3) is 0.692. The highest BCUT2D eigenvalue weighted by molar-refractivity contribution is 5.84. The number of carbonyl (C=O) groups is 2. The lowest BCUT2D eigenvalue weighted by molar-refractivity contribution is -0.142. The average molecular weight is 297 g/mol. The average Bonchev–Trinajstić information content (AvgIpc) is 2.50. The second-order valence-electron chi connectivity index (χ2n) is 5.37. The maximum Gasteiger partial charge on any atom is 0.405 e. The third-order valence-electron chi connectivity index (χ3n) is 3.93. The van der Waals surface area contributed by atoms with Gasteiger partial charge >= 0.3 is 6.09 Å². The van der Waals surface area contributed by atoms with E-state index in [9.17, 15) is 9.59 Å². The predicted molar refractivity (Wildman–Crippen MR) is 76.4 cm³/mol. The largest absolute Gasteiger partial charge is 0.436 e. The number of nitrogens with zero attached hydrogens (tertiary/aromatic N) is 1. The Labute approximate surface area is 124 Å². The van der Waals surface area contributed by atoms with Crippen LogP contribution < -0.4 is 21.9 Å². The van der Waals surface area contributed by atoms with E-state index < -0.39 is 12.2 Å². The molecule has 2 aliphatic heterocycles. The molecule has 8 nitrogen and oxygen atoms in total. The van der Waals surface area contributed by atoms with Crippen LogP contribution >= 0.6 is 0 Å². The number of primary amides is 1. The van der Waals surface area contributed by atoms with Gasteiger partial charge in [-0.1, -0.05) is 13.8 Å². The minimum Gasteiger partial charge on any atom is -0.436 e. The highest BCUT2D eigenvalue weighted by Crippen LogP contribution is 2.20. The summed E-state index contributed by atoms with van der Waals surface area (Å²) in [7, 11) is 0. The summed E-state index contributed by atoms with van der Waals surface area (Å²) in [5, 5.41) is 3.21. The molecule has 0 fully saturated rings. The molecule has 8 heteroatoms. The molecule has 2 aliphatic rings. The second-order valence-corrected chi connectivity index (χ2v) is 5.37. The van der Waals surface area contributed by atoms with E-state index in [4.69, 9.17) is 10.5 Å². The van der Waals surface area contributed by atoms with Crippen LogP contribution in [0.15, 0.2) is 11.4 Å². The molecule has 2 unspecified atom stereocenters. The number of amides is 2. The topological polar surface area (TPSA) is 109 Å². The van der Waals surface area contributed by atoms with Crippen molar-refractivity contribution in [1.29, 1.82) is 0 Å². The van der Waals surface area contributed by atoms with Crippen LogP contribution in [0.1, 0.15) is 26.7 Å². The SMILES string of the molecule is CCC(C)C(OC(N)=O)C(=O)N1CCC2=C(C1)NCNN2. The zero-order valence-corrected chi connectivity index (χ0v) is 12.4. The van der Waals surface area contributed by atoms with Gasteiger partial charge in [-0.25, -0.2) is 10.2 Å². The van der Waals surface area contributed by atoms with Crippen LogP contribution in [0.3, 0.4) is 0 Å². The Morgan fingerprint density at radius 1 is 1.43 bits per heavy atom. The number of rotatable bonds is 4. The fourth-order valence-electron chi connectivity index (χ4n) is 2.48. The monoisotopic (exact) mass is 297 g/mol. The molecule has 118 valence electrons. The summed E-state index contributed by atoms with van der Waals surface area (Å²) in [6, 6.07) is 0. The molecule has 2 amide bonds. The summed E-state index contributed by atoms with van der Waals surface area (Å²) in [5.41, 5.74) is 13.2. The van der Waals surface area contributed by atoms with Crippen molar-refractivity contribution in [1.82, 2.24) is 21.1 Å². The Kier molecular flexibility index (Phi) is 4.89. The maximum atomic E-state index is 12.6. The molecule has 0 bridgehead atoms. The van der Waals surface area contributed by atoms with E-state index in [1.165, 1.54) is 0 Å². The van der Waals surface area contributed by atoms with E-state index in [0.717, 1.165) is 24.2 Å². The lowest BCUT2D eigenvalue weighted by Crippen LogP contribution is -2.54. The molecule has 0 saturated heterocycles. The Hall–Kier alpha value is -1.96. The molecule has 0 aromatic carbocycles. The van der Waals surface area contributed by atoms with Crippen LogP contribution in [0.5, 0.6) is 0 Å². The van der Waals surface area contributed by atoms with Crippen molar-refractivity contribution in [2.24, 2.45) is 11.7 Å². The molecule has 0 aromatic heterocycles. The van der Waals surface area contributed by atoms with Crippen LogP contribution in [0.2, 0.25) is 0 Å². The van der Waals surface area contributed by atoms with Gasteiger partial charge in [0.2, 0.25) is 0 Å². The van der Waals surface area contributed by atoms with Crippen molar-refractivity contribution >= 4 is 12.0 Å². The first-order valence-corrected chi connectivity index (χ1v) is 7.22. The van der Waals surface area contributed by atoms with Gasteiger partial charge in [0.15, 0.2) is 6.10 Å². The van der Waals surface area contributed by atoms with Crippen molar-refractivity contribution in [3.8, 4) is 0 Å². The number of carbonyl (C=O) groups excluding carboxylic acids is 2. The summed E-state index contributed by atoms with van der Waals surface area (Å²) in [5.74, 6) is -0.255. The fourth-order valence-corrected chi connectivity index (χ4v) is 2.48. The molecule has 0 aliphatic carbocycles. The van der Waals surface area contributed by atoms with E-state index in [0.29, 0.717) is 19.8 Å². The molecule has 0 aromatic rings. The van der Waals surface area contributed by atoms with E-state index >= 15 is 0 Å². The summed E-state index contributed by atoms with van der Waals surface area (Å²) >= 11 is 0. The van der Waals surface area contributed by atoms with Gasteiger partial charge in [-0.2, -0.15) is 0 Å². The van der Waals surface area contributed by atoms with Crippen LogP contribution in [0, 0.1) is 5.92 Å². The number of ether oxygens (including phenoxy) is 1. The summed E-state index contributed by atoms with van der Waals surface area (Å²) < 4.78 is 5.04. The zero-order chi connectivity index (χ0) is 15.4. The van der Waals surface area contributed by atoms with E-state index in [2.05, 4.69) is 16.2 Å². The number of hydrogen-bond donors (Lipinski definition) is 4. The van der Waals surface area contributed by atoms with Gasteiger partial charge in [0.05, 0.1) is 18.9 Å². The third kappa shape index (κ3) is 3.57. The normalized spacial score (nSPS) is 20.8. The molecule has 21 heavy (non-hydrogen) atoms. The van der Waals surface area contributed by atoms with Crippen molar-refractivity contribution in [2.75, 3.05) is 19.8 Å². The molecular formula is C13H23N5O3. The van der Waals surface area contributed by atoms with Gasteiger partial charge in [-0.3, -0.25) is 4.79 Å². The number of nitrogens with two attached hydrogens (primary N) is 1. The summed E-state index contributed by atoms with van der Waals surface area (Å²) in [4.78, 5) is 25.4. The third-order valence-corrected chi connectivity index (χ3v) is 3.93. The predicted octanol–water partition coefficient (Wildman–Crippen LogP) is -0.405. The van der Waals surface area contributed by atoms with E-state index in [-0.39, 0.29) is 11.8 Å². The van der Waals surface area contributed by atoms with Crippen LogP contribution in [-0.2, 0) is 9.53 Å². The van der Waals surface area contributed by atoms with Crippen molar-refractivity contribution < 1.29 is 14.3 Å². The number of hydrazine groups is 1. The van der Waals surface area contributed by atoms with Crippen LogP contribution in [-0.4, -0.2) is 42.8 Å². The van der Waals surface area contributed by atoms with Crippen molar-refractivity contribution in [2.45, 2.75) is 32.8 Å². The Bertz CT molecular complexity index is 451. The Balaban J connectivity index is 2.07. The summed E-state index contributed by atoms with van der Waals surface area (Å²) in [6.45, 7) is 5.50. The Morgan fingerprint density at radius 3 is 2.86 bits per heavy atom. The standard InChI is InChI=1S/C13H23N5O3/c1-3-8(2)11(21-13(14)20)12(19)18-5-4-9-10(6-18)15-7-16-17-9/h8,11,15-17H,3-7H2,1-2H3,(H2,14,20). The molecule has 5 N–H and O–H groups in total.